The fourth-order valence-corrected chi connectivity index (χ4v) is 1.53. The molecule has 0 aromatic carbocycles. The van der Waals surface area contributed by atoms with Gasteiger partial charge in [0, 0.05) is 5.70 Å². The van der Waals surface area contributed by atoms with Crippen LogP contribution in [0.5, 0.6) is 0 Å². The Labute approximate surface area is 74.0 Å². The second kappa shape index (κ2) is 3.35. The number of thiol groups is 1. The molecule has 0 aromatic heterocycles. The van der Waals surface area contributed by atoms with Crippen molar-refractivity contribution in [1.29, 1.82) is 0 Å². The lowest BCUT2D eigenvalue weighted by atomic mass is 10.00. The first-order valence-electron chi connectivity index (χ1n) is 3.94. The maximum Gasteiger partial charge on any atom is 0.0883 e. The summed E-state index contributed by atoms with van der Waals surface area (Å²) in [7, 11) is 0. The van der Waals surface area contributed by atoms with Gasteiger partial charge in [0.05, 0.1) is 5.37 Å². The van der Waals surface area contributed by atoms with Gasteiger partial charge in [0.1, 0.15) is 0 Å². The van der Waals surface area contributed by atoms with E-state index >= 15 is 0 Å². The highest BCUT2D eigenvalue weighted by Gasteiger charge is 2.09. The number of hydrogen-bond donors (Lipinski definition) is 2. The van der Waals surface area contributed by atoms with Gasteiger partial charge in [0.15, 0.2) is 0 Å². The lowest BCUT2D eigenvalue weighted by Gasteiger charge is -2.20. The fraction of sp³-hybridized carbons (Fsp3) is 0.556. The SMILES string of the molecule is CC1=CC(C(C)C)=CC(S)N1. The van der Waals surface area contributed by atoms with Crippen LogP contribution < -0.4 is 5.32 Å². The van der Waals surface area contributed by atoms with E-state index in [1.165, 1.54) is 11.3 Å². The number of dihydropyridines is 1. The van der Waals surface area contributed by atoms with Gasteiger partial charge in [-0.2, -0.15) is 12.6 Å². The summed E-state index contributed by atoms with van der Waals surface area (Å²) in [5.41, 5.74) is 2.58. The van der Waals surface area contributed by atoms with E-state index < -0.39 is 0 Å². The molecule has 62 valence electrons. The van der Waals surface area contributed by atoms with Crippen molar-refractivity contribution in [3.8, 4) is 0 Å². The van der Waals surface area contributed by atoms with Crippen molar-refractivity contribution in [2.45, 2.75) is 26.1 Å². The Bertz CT molecular complexity index is 204. The van der Waals surface area contributed by atoms with Crippen LogP contribution in [0.15, 0.2) is 23.4 Å². The van der Waals surface area contributed by atoms with Gasteiger partial charge in [-0.25, -0.2) is 0 Å². The predicted octanol–water partition coefficient (Wildman–Crippen LogP) is 2.33. The standard InChI is InChI=1S/C9H15NS/c1-6(2)8-4-7(3)10-9(11)5-8/h4-6,9-11H,1-3H3. The summed E-state index contributed by atoms with van der Waals surface area (Å²) in [5, 5.41) is 3.40. The van der Waals surface area contributed by atoms with Gasteiger partial charge in [-0.3, -0.25) is 0 Å². The molecule has 1 unspecified atom stereocenters. The Balaban J connectivity index is 2.78. The predicted molar refractivity (Wildman–Crippen MR) is 52.6 cm³/mol. The van der Waals surface area contributed by atoms with Crippen molar-refractivity contribution in [3.05, 3.63) is 23.4 Å². The fourth-order valence-electron chi connectivity index (χ4n) is 1.16. The van der Waals surface area contributed by atoms with Gasteiger partial charge >= 0.3 is 0 Å². The van der Waals surface area contributed by atoms with Crippen LogP contribution >= 0.6 is 12.6 Å². The summed E-state index contributed by atoms with van der Waals surface area (Å²) in [6.07, 6.45) is 4.33. The van der Waals surface area contributed by atoms with E-state index in [0.717, 1.165) is 0 Å². The second-order valence-corrected chi connectivity index (χ2v) is 3.79. The zero-order valence-electron chi connectivity index (χ0n) is 7.26. The minimum atomic E-state index is 0.192. The lowest BCUT2D eigenvalue weighted by molar-refractivity contribution is 0.744. The highest BCUT2D eigenvalue weighted by Crippen LogP contribution is 2.18. The zero-order chi connectivity index (χ0) is 8.43. The topological polar surface area (TPSA) is 12.0 Å². The van der Waals surface area contributed by atoms with E-state index in [4.69, 9.17) is 0 Å². The van der Waals surface area contributed by atoms with Gasteiger partial charge in [-0.15, -0.1) is 0 Å². The third-order valence-corrected chi connectivity index (χ3v) is 2.05. The van der Waals surface area contributed by atoms with Gasteiger partial charge in [-0.05, 0) is 30.6 Å². The van der Waals surface area contributed by atoms with Crippen LogP contribution in [0.2, 0.25) is 0 Å². The van der Waals surface area contributed by atoms with Crippen molar-refractivity contribution >= 4 is 12.6 Å². The van der Waals surface area contributed by atoms with Crippen LogP contribution in [-0.2, 0) is 0 Å². The van der Waals surface area contributed by atoms with Crippen molar-refractivity contribution in [2.75, 3.05) is 0 Å². The Morgan fingerprint density at radius 3 is 2.64 bits per heavy atom. The molecule has 0 aliphatic carbocycles. The molecule has 0 aromatic rings. The van der Waals surface area contributed by atoms with Crippen LogP contribution in [0, 0.1) is 5.92 Å². The van der Waals surface area contributed by atoms with E-state index in [2.05, 4.69) is 50.9 Å². The van der Waals surface area contributed by atoms with Gasteiger partial charge in [-0.1, -0.05) is 13.8 Å². The molecule has 1 nitrogen and oxygen atoms in total. The number of nitrogens with one attached hydrogen (secondary N) is 1. The molecule has 1 heterocycles. The van der Waals surface area contributed by atoms with Gasteiger partial charge in [0.25, 0.3) is 0 Å². The molecule has 0 saturated heterocycles. The van der Waals surface area contributed by atoms with E-state index in [-0.39, 0.29) is 5.37 Å². The van der Waals surface area contributed by atoms with Crippen molar-refractivity contribution in [1.82, 2.24) is 5.32 Å². The van der Waals surface area contributed by atoms with Gasteiger partial charge < -0.3 is 5.32 Å². The monoisotopic (exact) mass is 169 g/mol. The molecular weight excluding hydrogens is 154 g/mol. The summed E-state index contributed by atoms with van der Waals surface area (Å²) in [6, 6.07) is 0. The molecule has 0 bridgehead atoms. The number of allylic oxidation sites excluding steroid dienone is 3. The molecule has 2 heteroatoms. The maximum absolute atomic E-state index is 4.35. The molecule has 1 rings (SSSR count). The van der Waals surface area contributed by atoms with Crippen molar-refractivity contribution in [2.24, 2.45) is 5.92 Å². The Hall–Kier alpha value is -0.370. The molecule has 0 spiro atoms. The number of rotatable bonds is 1. The summed E-state index contributed by atoms with van der Waals surface area (Å²) in [4.78, 5) is 0. The first-order valence-corrected chi connectivity index (χ1v) is 4.46. The first-order chi connectivity index (χ1) is 5.09. The smallest absolute Gasteiger partial charge is 0.0883 e. The quantitative estimate of drug-likeness (QED) is 0.574. The molecule has 0 saturated carbocycles. The minimum Gasteiger partial charge on any atom is -0.374 e. The van der Waals surface area contributed by atoms with E-state index in [1.807, 2.05) is 0 Å². The van der Waals surface area contributed by atoms with Crippen molar-refractivity contribution < 1.29 is 0 Å². The molecule has 0 amide bonds. The van der Waals surface area contributed by atoms with E-state index in [1.54, 1.807) is 0 Å². The number of hydrogen-bond acceptors (Lipinski definition) is 2. The normalized spacial score (nSPS) is 24.3. The third kappa shape index (κ3) is 2.29. The molecule has 1 aliphatic heterocycles. The Morgan fingerprint density at radius 1 is 1.55 bits per heavy atom. The molecular formula is C9H15NS. The van der Waals surface area contributed by atoms with Crippen LogP contribution in [0.4, 0.5) is 0 Å². The van der Waals surface area contributed by atoms with E-state index in [0.29, 0.717) is 5.92 Å². The highest BCUT2D eigenvalue weighted by molar-refractivity contribution is 7.81. The molecule has 1 N–H and O–H groups in total. The van der Waals surface area contributed by atoms with Crippen molar-refractivity contribution in [3.63, 3.8) is 0 Å². The minimum absolute atomic E-state index is 0.192. The van der Waals surface area contributed by atoms with Gasteiger partial charge in [0.2, 0.25) is 0 Å². The first kappa shape index (κ1) is 8.72. The summed E-state index contributed by atoms with van der Waals surface area (Å²) in [5.74, 6) is 0.599. The molecule has 0 fully saturated rings. The zero-order valence-corrected chi connectivity index (χ0v) is 8.15. The lowest BCUT2D eigenvalue weighted by Crippen LogP contribution is -2.24. The summed E-state index contributed by atoms with van der Waals surface area (Å²) in [6.45, 7) is 6.46. The molecule has 1 aliphatic rings. The summed E-state index contributed by atoms with van der Waals surface area (Å²) < 4.78 is 0. The average molecular weight is 169 g/mol. The maximum atomic E-state index is 4.35. The average Bonchev–Trinajstić information content (AvgIpc) is 1.85. The van der Waals surface area contributed by atoms with Crippen LogP contribution in [0.1, 0.15) is 20.8 Å². The van der Waals surface area contributed by atoms with Crippen LogP contribution in [0.3, 0.4) is 0 Å². The van der Waals surface area contributed by atoms with Crippen LogP contribution in [0.25, 0.3) is 0 Å². The Kier molecular flexibility index (Phi) is 2.66. The summed E-state index contributed by atoms with van der Waals surface area (Å²) >= 11 is 4.35. The molecule has 0 radical (unpaired) electrons. The van der Waals surface area contributed by atoms with E-state index in [9.17, 15) is 0 Å². The Morgan fingerprint density at radius 2 is 2.18 bits per heavy atom. The molecule has 1 atom stereocenters. The largest absolute Gasteiger partial charge is 0.374 e. The van der Waals surface area contributed by atoms with Crippen LogP contribution in [-0.4, -0.2) is 5.37 Å². The second-order valence-electron chi connectivity index (χ2n) is 3.24. The highest BCUT2D eigenvalue weighted by atomic mass is 32.1. The molecule has 11 heavy (non-hydrogen) atoms. The third-order valence-electron chi connectivity index (χ3n) is 1.78.